The molecule has 2 rings (SSSR count). The lowest BCUT2D eigenvalue weighted by atomic mass is 10.0. The molecule has 5 heteroatoms. The monoisotopic (exact) mass is 248 g/mol. The summed E-state index contributed by atoms with van der Waals surface area (Å²) in [4.78, 5) is 4.32. The number of rotatable bonds is 6. The van der Waals surface area contributed by atoms with Crippen LogP contribution in [0.25, 0.3) is 0 Å². The second kappa shape index (κ2) is 5.82. The van der Waals surface area contributed by atoms with Gasteiger partial charge in [0.1, 0.15) is 17.9 Å². The number of hydrogen-bond acceptors (Lipinski definition) is 4. The second-order valence-corrected chi connectivity index (χ2v) is 4.19. The van der Waals surface area contributed by atoms with Crippen LogP contribution >= 0.6 is 0 Å². The van der Waals surface area contributed by atoms with Crippen molar-refractivity contribution in [3.8, 4) is 0 Å². The Morgan fingerprint density at radius 3 is 2.94 bits per heavy atom. The number of likely N-dealkylation sites (N-methyl/N-ethyl adjacent to an activating group) is 1. The third-order valence-electron chi connectivity index (χ3n) is 3.21. The number of hydrogen-bond donors (Lipinski definition) is 1. The molecule has 0 spiro atoms. The zero-order chi connectivity index (χ0) is 13.0. The summed E-state index contributed by atoms with van der Waals surface area (Å²) in [5, 5.41) is 7.53. The Balaban J connectivity index is 2.20. The van der Waals surface area contributed by atoms with Gasteiger partial charge in [-0.1, -0.05) is 6.92 Å². The van der Waals surface area contributed by atoms with Gasteiger partial charge in [0.05, 0.1) is 6.26 Å². The molecule has 0 saturated carbocycles. The molecule has 0 amide bonds. The molecular weight excluding hydrogens is 228 g/mol. The van der Waals surface area contributed by atoms with Gasteiger partial charge in [-0.2, -0.15) is 5.10 Å². The molecule has 0 aromatic carbocycles. The predicted molar refractivity (Wildman–Crippen MR) is 69.3 cm³/mol. The van der Waals surface area contributed by atoms with E-state index >= 15 is 0 Å². The molecule has 1 unspecified atom stereocenters. The summed E-state index contributed by atoms with van der Waals surface area (Å²) in [6.07, 6.45) is 5.09. The van der Waals surface area contributed by atoms with Crippen molar-refractivity contribution < 1.29 is 4.42 Å². The van der Waals surface area contributed by atoms with Gasteiger partial charge in [0.15, 0.2) is 0 Å². The van der Waals surface area contributed by atoms with Gasteiger partial charge in [0, 0.05) is 31.0 Å². The van der Waals surface area contributed by atoms with Crippen LogP contribution in [-0.4, -0.2) is 21.8 Å². The fraction of sp³-hybridized carbons (Fsp3) is 0.538. The Labute approximate surface area is 107 Å². The normalized spacial score (nSPS) is 12.8. The van der Waals surface area contributed by atoms with Gasteiger partial charge in [-0.05, 0) is 20.0 Å². The minimum Gasteiger partial charge on any atom is -0.469 e. The summed E-state index contributed by atoms with van der Waals surface area (Å²) >= 11 is 0. The quantitative estimate of drug-likeness (QED) is 0.849. The molecule has 0 aliphatic carbocycles. The molecule has 5 nitrogen and oxygen atoms in total. The Morgan fingerprint density at radius 2 is 2.28 bits per heavy atom. The van der Waals surface area contributed by atoms with Crippen molar-refractivity contribution in [2.24, 2.45) is 0 Å². The summed E-state index contributed by atoms with van der Waals surface area (Å²) < 4.78 is 7.42. The largest absolute Gasteiger partial charge is 0.469 e. The predicted octanol–water partition coefficient (Wildman–Crippen LogP) is 1.96. The van der Waals surface area contributed by atoms with E-state index in [9.17, 15) is 0 Å². The summed E-state index contributed by atoms with van der Waals surface area (Å²) in [5.41, 5.74) is 1.21. The molecule has 0 radical (unpaired) electrons. The van der Waals surface area contributed by atoms with Gasteiger partial charge in [0.2, 0.25) is 0 Å². The van der Waals surface area contributed by atoms with E-state index in [1.54, 1.807) is 12.6 Å². The van der Waals surface area contributed by atoms with Crippen LogP contribution in [0.2, 0.25) is 0 Å². The first-order chi connectivity index (χ1) is 8.80. The first-order valence-corrected chi connectivity index (χ1v) is 6.40. The Kier molecular flexibility index (Phi) is 4.15. The highest BCUT2D eigenvalue weighted by atomic mass is 16.3. The number of nitrogens with zero attached hydrogens (tertiary/aromatic N) is 3. The van der Waals surface area contributed by atoms with E-state index in [1.165, 1.54) is 5.56 Å². The third-order valence-corrected chi connectivity index (χ3v) is 3.21. The minimum absolute atomic E-state index is 0.216. The third kappa shape index (κ3) is 2.46. The van der Waals surface area contributed by atoms with Gasteiger partial charge < -0.3 is 9.73 Å². The van der Waals surface area contributed by atoms with Crippen LogP contribution in [0, 0.1) is 0 Å². The molecular formula is C13H20N4O. The van der Waals surface area contributed by atoms with E-state index < -0.39 is 0 Å². The Bertz CT molecular complexity index is 489. The molecule has 0 aliphatic heterocycles. The van der Waals surface area contributed by atoms with Crippen LogP contribution in [-0.2, 0) is 19.4 Å². The van der Waals surface area contributed by atoms with Crippen molar-refractivity contribution in [2.45, 2.75) is 39.3 Å². The first kappa shape index (κ1) is 12.8. The lowest BCUT2D eigenvalue weighted by Gasteiger charge is -2.15. The zero-order valence-electron chi connectivity index (χ0n) is 11.2. The van der Waals surface area contributed by atoms with E-state index in [1.807, 2.05) is 17.8 Å². The van der Waals surface area contributed by atoms with Gasteiger partial charge in [-0.15, -0.1) is 0 Å². The minimum atomic E-state index is 0.216. The van der Waals surface area contributed by atoms with Gasteiger partial charge in [-0.25, -0.2) is 4.98 Å². The number of furan rings is 1. The Morgan fingerprint density at radius 1 is 1.44 bits per heavy atom. The van der Waals surface area contributed by atoms with Crippen LogP contribution in [0.4, 0.5) is 0 Å². The van der Waals surface area contributed by atoms with Gasteiger partial charge in [-0.3, -0.25) is 4.68 Å². The molecule has 98 valence electrons. The lowest BCUT2D eigenvalue weighted by Crippen LogP contribution is -2.21. The summed E-state index contributed by atoms with van der Waals surface area (Å²) in [6, 6.07) is 2.25. The summed E-state index contributed by atoms with van der Waals surface area (Å²) in [5.74, 6) is 2.04. The molecule has 0 saturated heterocycles. The Hall–Kier alpha value is -1.62. The van der Waals surface area contributed by atoms with Crippen molar-refractivity contribution in [3.05, 3.63) is 35.8 Å². The van der Waals surface area contributed by atoms with Crippen LogP contribution < -0.4 is 5.32 Å². The standard InChI is InChI=1S/C13H20N4O/c1-4-12-10(6-7-18-12)11(14-3)8-13-15-9-16-17(13)5-2/h6-7,9,11,14H,4-5,8H2,1-3H3. The van der Waals surface area contributed by atoms with Crippen LogP contribution in [0.1, 0.15) is 37.0 Å². The topological polar surface area (TPSA) is 55.9 Å². The maximum atomic E-state index is 5.49. The van der Waals surface area contributed by atoms with E-state index in [0.29, 0.717) is 0 Å². The smallest absolute Gasteiger partial charge is 0.138 e. The molecule has 0 aliphatic rings. The average molecular weight is 248 g/mol. The van der Waals surface area contributed by atoms with E-state index in [0.717, 1.165) is 31.0 Å². The zero-order valence-corrected chi connectivity index (χ0v) is 11.2. The highest BCUT2D eigenvalue weighted by Gasteiger charge is 2.18. The number of aromatic nitrogens is 3. The second-order valence-electron chi connectivity index (χ2n) is 4.19. The molecule has 2 aromatic rings. The van der Waals surface area contributed by atoms with Crippen LogP contribution in [0.5, 0.6) is 0 Å². The molecule has 1 atom stereocenters. The molecule has 18 heavy (non-hydrogen) atoms. The van der Waals surface area contributed by atoms with Crippen molar-refractivity contribution in [2.75, 3.05) is 7.05 Å². The van der Waals surface area contributed by atoms with E-state index in [-0.39, 0.29) is 6.04 Å². The van der Waals surface area contributed by atoms with Crippen LogP contribution in [0.15, 0.2) is 23.1 Å². The number of nitrogens with one attached hydrogen (secondary N) is 1. The average Bonchev–Trinajstić information content (AvgIpc) is 3.03. The summed E-state index contributed by atoms with van der Waals surface area (Å²) in [7, 11) is 1.96. The lowest BCUT2D eigenvalue weighted by molar-refractivity contribution is 0.486. The van der Waals surface area contributed by atoms with Gasteiger partial charge in [0.25, 0.3) is 0 Å². The maximum Gasteiger partial charge on any atom is 0.138 e. The fourth-order valence-corrected chi connectivity index (χ4v) is 2.21. The van der Waals surface area contributed by atoms with Crippen LogP contribution in [0.3, 0.4) is 0 Å². The molecule has 0 fully saturated rings. The van der Waals surface area contributed by atoms with Crippen molar-refractivity contribution >= 4 is 0 Å². The molecule has 2 aromatic heterocycles. The summed E-state index contributed by atoms with van der Waals surface area (Å²) in [6.45, 7) is 5.02. The van der Waals surface area contributed by atoms with Crippen molar-refractivity contribution in [1.29, 1.82) is 0 Å². The highest BCUT2D eigenvalue weighted by molar-refractivity contribution is 5.22. The molecule has 2 heterocycles. The molecule has 1 N–H and O–H groups in total. The van der Waals surface area contributed by atoms with E-state index in [4.69, 9.17) is 4.42 Å². The molecule has 0 bridgehead atoms. The first-order valence-electron chi connectivity index (χ1n) is 6.40. The number of aryl methyl sites for hydroxylation is 2. The fourth-order valence-electron chi connectivity index (χ4n) is 2.21. The van der Waals surface area contributed by atoms with Crippen molar-refractivity contribution in [1.82, 2.24) is 20.1 Å². The maximum absolute atomic E-state index is 5.49. The van der Waals surface area contributed by atoms with Gasteiger partial charge >= 0.3 is 0 Å². The van der Waals surface area contributed by atoms with E-state index in [2.05, 4.69) is 29.2 Å². The SMILES string of the molecule is CCc1occc1C(Cc1ncnn1CC)NC. The highest BCUT2D eigenvalue weighted by Crippen LogP contribution is 2.22. The van der Waals surface area contributed by atoms with Crippen molar-refractivity contribution in [3.63, 3.8) is 0 Å².